The molecule has 1 heterocycles. The molecule has 1 aromatic carbocycles. The third-order valence-corrected chi connectivity index (χ3v) is 12.0. The van der Waals surface area contributed by atoms with Crippen molar-refractivity contribution in [1.29, 1.82) is 0 Å². The lowest BCUT2D eigenvalue weighted by atomic mass is 9.79. The van der Waals surface area contributed by atoms with Gasteiger partial charge in [0.2, 0.25) is 17.7 Å². The lowest BCUT2D eigenvalue weighted by Crippen LogP contribution is -2.48. The summed E-state index contributed by atoms with van der Waals surface area (Å²) in [7, 11) is 0. The summed E-state index contributed by atoms with van der Waals surface area (Å²) < 4.78 is 27.8. The van der Waals surface area contributed by atoms with E-state index in [9.17, 15) is 29.1 Å². The molecular weight excluding hydrogens is 869 g/mol. The second kappa shape index (κ2) is 31.2. The number of hydrogen-bond acceptors (Lipinski definition) is 13. The molecule has 0 spiro atoms. The number of phenolic OH excluding ortho intramolecular Hbond substituents is 1. The number of phenols is 1. The fourth-order valence-electron chi connectivity index (χ4n) is 7.44. The van der Waals surface area contributed by atoms with Crippen molar-refractivity contribution in [3.63, 3.8) is 0 Å². The fourth-order valence-corrected chi connectivity index (χ4v) is 8.30. The average molecular weight is 943 g/mol. The molecule has 368 valence electrons. The Hall–Kier alpha value is -4.80. The normalized spacial score (nSPS) is 15.7. The van der Waals surface area contributed by atoms with Gasteiger partial charge in [0, 0.05) is 62.8 Å². The zero-order valence-electron chi connectivity index (χ0n) is 39.8. The number of hydrogen-bond donors (Lipinski definition) is 5. The molecule has 0 saturated carbocycles. The zero-order chi connectivity index (χ0) is 48.3. The van der Waals surface area contributed by atoms with Crippen LogP contribution in [0.15, 0.2) is 23.6 Å². The van der Waals surface area contributed by atoms with E-state index >= 15 is 0 Å². The SMILES string of the molecule is C#CCCCC(=O)NCCOCCOCCOCCOC(=O)NNC(=O)[C@@H]1C[C@@H](NC(=O)c2csc([C@@H](CC(C(C)C)N(CCC)C(=O)C[C@@H](C)CC)OCCC)n2)Cc2ccc(O)cc21. The van der Waals surface area contributed by atoms with Crippen LogP contribution in [0.2, 0.25) is 0 Å². The number of benzene rings is 1. The third-order valence-electron chi connectivity index (χ3n) is 11.1. The van der Waals surface area contributed by atoms with Gasteiger partial charge in [-0.1, -0.05) is 54.0 Å². The number of unbranched alkanes of at least 4 members (excludes halogenated alkanes) is 1. The summed E-state index contributed by atoms with van der Waals surface area (Å²) in [5.41, 5.74) is 6.25. The number of nitrogens with one attached hydrogen (secondary N) is 4. The molecule has 1 aromatic heterocycles. The quantitative estimate of drug-likeness (QED) is 0.0336. The van der Waals surface area contributed by atoms with Gasteiger partial charge >= 0.3 is 6.09 Å². The number of carbonyl (C=O) groups is 5. The average Bonchev–Trinajstić information content (AvgIpc) is 3.79. The molecule has 1 aliphatic rings. The molecule has 0 fully saturated rings. The van der Waals surface area contributed by atoms with Crippen molar-refractivity contribution in [1.82, 2.24) is 31.4 Å². The molecule has 0 radical (unpaired) electrons. The minimum absolute atomic E-state index is 0.0158. The van der Waals surface area contributed by atoms with Gasteiger partial charge in [-0.2, -0.15) is 0 Å². The molecule has 0 aliphatic heterocycles. The lowest BCUT2D eigenvalue weighted by Gasteiger charge is -2.37. The molecule has 66 heavy (non-hydrogen) atoms. The van der Waals surface area contributed by atoms with Crippen molar-refractivity contribution in [3.05, 3.63) is 45.4 Å². The van der Waals surface area contributed by atoms with Gasteiger partial charge in [0.05, 0.1) is 45.6 Å². The van der Waals surface area contributed by atoms with Crippen LogP contribution in [0.5, 0.6) is 5.75 Å². The fraction of sp³-hybridized carbons (Fsp3) is 0.667. The Kier molecular flexibility index (Phi) is 26.3. The van der Waals surface area contributed by atoms with E-state index in [0.717, 1.165) is 24.8 Å². The van der Waals surface area contributed by atoms with E-state index in [0.29, 0.717) is 95.2 Å². The van der Waals surface area contributed by atoms with Crippen LogP contribution >= 0.6 is 11.3 Å². The highest BCUT2D eigenvalue weighted by Gasteiger charge is 2.35. The van der Waals surface area contributed by atoms with Crippen LogP contribution < -0.4 is 21.5 Å². The Morgan fingerprint density at radius 1 is 0.955 bits per heavy atom. The van der Waals surface area contributed by atoms with Crippen molar-refractivity contribution in [2.45, 2.75) is 130 Å². The summed E-state index contributed by atoms with van der Waals surface area (Å²) in [5.74, 6) is 1.26. The number of nitrogens with zero attached hydrogens (tertiary/aromatic N) is 2. The predicted molar refractivity (Wildman–Crippen MR) is 252 cm³/mol. The number of thiazole rings is 1. The molecule has 3 rings (SSSR count). The van der Waals surface area contributed by atoms with Gasteiger partial charge < -0.3 is 44.3 Å². The van der Waals surface area contributed by atoms with E-state index in [4.69, 9.17) is 35.1 Å². The highest BCUT2D eigenvalue weighted by molar-refractivity contribution is 7.09. The minimum atomic E-state index is -0.892. The number of fused-ring (bicyclic) bond motifs is 1. The largest absolute Gasteiger partial charge is 0.508 e. The van der Waals surface area contributed by atoms with Crippen molar-refractivity contribution in [2.24, 2.45) is 11.8 Å². The molecule has 5 atom stereocenters. The van der Waals surface area contributed by atoms with Gasteiger partial charge in [0.1, 0.15) is 29.2 Å². The molecule has 0 saturated heterocycles. The number of terminal acetylenes is 1. The van der Waals surface area contributed by atoms with Gasteiger partial charge in [0.25, 0.3) is 5.91 Å². The Labute approximate surface area is 395 Å². The molecule has 18 heteroatoms. The first-order valence-electron chi connectivity index (χ1n) is 23.5. The Morgan fingerprint density at radius 3 is 2.33 bits per heavy atom. The predicted octanol–water partition coefficient (Wildman–Crippen LogP) is 5.96. The molecule has 5 amide bonds. The van der Waals surface area contributed by atoms with Crippen molar-refractivity contribution in [3.8, 4) is 18.1 Å². The topological polar surface area (TPSA) is 216 Å². The van der Waals surface area contributed by atoms with Crippen LogP contribution in [0.3, 0.4) is 0 Å². The van der Waals surface area contributed by atoms with Crippen LogP contribution in [-0.4, -0.2) is 123 Å². The third kappa shape index (κ3) is 20.0. The van der Waals surface area contributed by atoms with Gasteiger partial charge in [-0.25, -0.2) is 15.2 Å². The van der Waals surface area contributed by atoms with Gasteiger partial charge in [-0.3, -0.25) is 24.6 Å². The highest BCUT2D eigenvalue weighted by atomic mass is 32.1. The maximum atomic E-state index is 13.8. The molecule has 17 nitrogen and oxygen atoms in total. The summed E-state index contributed by atoms with van der Waals surface area (Å²) in [6.45, 7) is 15.8. The lowest BCUT2D eigenvalue weighted by molar-refractivity contribution is -0.136. The number of carbonyl (C=O) groups excluding carboxylic acids is 5. The number of aromatic hydroxyl groups is 1. The highest BCUT2D eigenvalue weighted by Crippen LogP contribution is 2.35. The van der Waals surface area contributed by atoms with Crippen LogP contribution in [0.4, 0.5) is 4.79 Å². The monoisotopic (exact) mass is 943 g/mol. The Morgan fingerprint density at radius 2 is 1.67 bits per heavy atom. The minimum Gasteiger partial charge on any atom is -0.508 e. The van der Waals surface area contributed by atoms with Crippen LogP contribution in [0.1, 0.15) is 138 Å². The van der Waals surface area contributed by atoms with E-state index in [-0.39, 0.29) is 67.4 Å². The molecule has 1 unspecified atom stereocenters. The van der Waals surface area contributed by atoms with E-state index in [1.54, 1.807) is 11.4 Å². The van der Waals surface area contributed by atoms with Crippen LogP contribution in [-0.2, 0) is 44.5 Å². The zero-order valence-corrected chi connectivity index (χ0v) is 40.6. The van der Waals surface area contributed by atoms with Gasteiger partial charge in [-0.15, -0.1) is 23.7 Å². The second-order valence-electron chi connectivity index (χ2n) is 16.8. The van der Waals surface area contributed by atoms with Gasteiger partial charge in [-0.05, 0) is 67.2 Å². The first kappa shape index (κ1) is 55.5. The van der Waals surface area contributed by atoms with Crippen LogP contribution in [0.25, 0.3) is 0 Å². The Bertz CT molecular complexity index is 1840. The van der Waals surface area contributed by atoms with Gasteiger partial charge in [0.15, 0.2) is 0 Å². The summed E-state index contributed by atoms with van der Waals surface area (Å²) >= 11 is 1.35. The summed E-state index contributed by atoms with van der Waals surface area (Å²) in [5, 5.41) is 18.5. The van der Waals surface area contributed by atoms with Crippen molar-refractivity contribution >= 4 is 41.1 Å². The summed E-state index contributed by atoms with van der Waals surface area (Å²) in [6.07, 6.45) is 9.70. The number of hydrazine groups is 1. The van der Waals surface area contributed by atoms with E-state index in [1.807, 2.05) is 11.8 Å². The first-order valence-corrected chi connectivity index (χ1v) is 24.3. The number of amides is 5. The maximum Gasteiger partial charge on any atom is 0.426 e. The number of rotatable bonds is 31. The van der Waals surface area contributed by atoms with Crippen LogP contribution in [0, 0.1) is 24.2 Å². The van der Waals surface area contributed by atoms with E-state index in [1.165, 1.54) is 23.5 Å². The standard InChI is InChI=1S/C48H74N6O11S/c1-8-12-13-14-43(56)49-17-20-61-21-22-62-23-24-63-25-26-65-48(60)53-52-45(58)39-29-36(28-35-15-16-37(55)30-38(35)39)50-46(59)40-32-66-47(51-40)42(64-19-10-3)31-41(33(5)6)54(18-9-2)44(57)27-34(7)11-4/h1,15-16,30,32-34,36,39,41-42,55H,9-14,17-29,31H2,2-7H3,(H,49,56)(H,50,59)(H,52,58)(H,53,60)/t34-,36-,39+,41?,42+/m0/s1. The van der Waals surface area contributed by atoms with Crippen molar-refractivity contribution in [2.75, 3.05) is 65.9 Å². The molecular formula is C48H74N6O11S. The molecule has 2 aromatic rings. The number of aromatic nitrogens is 1. The first-order chi connectivity index (χ1) is 31.8. The molecule has 1 aliphatic carbocycles. The summed E-state index contributed by atoms with van der Waals surface area (Å²) in [4.78, 5) is 71.7. The number of ether oxygens (including phenoxy) is 5. The van der Waals surface area contributed by atoms with E-state index < -0.39 is 36.0 Å². The molecule has 0 bridgehead atoms. The summed E-state index contributed by atoms with van der Waals surface area (Å²) in [6, 6.07) is 4.22. The molecule has 5 N–H and O–H groups in total. The van der Waals surface area contributed by atoms with Crippen molar-refractivity contribution < 1.29 is 52.8 Å². The maximum absolute atomic E-state index is 13.8. The van der Waals surface area contributed by atoms with E-state index in [2.05, 4.69) is 62.0 Å². The Balaban J connectivity index is 1.49. The second-order valence-corrected chi connectivity index (χ2v) is 17.7. The smallest absolute Gasteiger partial charge is 0.426 e.